The van der Waals surface area contributed by atoms with E-state index in [1.807, 2.05) is 38.1 Å². The Morgan fingerprint density at radius 2 is 1.88 bits per heavy atom. The molecular formula is C24H27N3O5S. The van der Waals surface area contributed by atoms with Gasteiger partial charge in [0, 0.05) is 10.4 Å². The predicted octanol–water partition coefficient (Wildman–Crippen LogP) is 3.87. The third kappa shape index (κ3) is 4.25. The van der Waals surface area contributed by atoms with Crippen LogP contribution in [0, 0.1) is 19.8 Å². The van der Waals surface area contributed by atoms with Crippen LogP contribution in [0.2, 0.25) is 0 Å². The zero-order valence-corrected chi connectivity index (χ0v) is 19.9. The summed E-state index contributed by atoms with van der Waals surface area (Å²) in [5.41, 5.74) is 1.95. The number of thiophene rings is 1. The number of aryl methyl sites for hydroxylation is 2. The van der Waals surface area contributed by atoms with E-state index in [0.29, 0.717) is 10.6 Å². The monoisotopic (exact) mass is 469 g/mol. The number of carbonyl (C=O) groups is 4. The maximum Gasteiger partial charge on any atom is 0.341 e. The topological polar surface area (TPSA) is 105 Å². The van der Waals surface area contributed by atoms with Gasteiger partial charge in [0.25, 0.3) is 5.91 Å². The van der Waals surface area contributed by atoms with Crippen molar-refractivity contribution in [2.24, 2.45) is 5.92 Å². The second-order valence-electron chi connectivity index (χ2n) is 8.67. The van der Waals surface area contributed by atoms with Gasteiger partial charge in [-0.25, -0.2) is 9.59 Å². The molecule has 1 atom stereocenters. The van der Waals surface area contributed by atoms with Crippen molar-refractivity contribution in [3.63, 3.8) is 0 Å². The molecule has 1 aliphatic heterocycles. The molecule has 2 fully saturated rings. The number of carbonyl (C=O) groups excluding carboxylic acids is 4. The van der Waals surface area contributed by atoms with Gasteiger partial charge >= 0.3 is 12.0 Å². The number of nitrogens with zero attached hydrogens (tertiary/aromatic N) is 1. The van der Waals surface area contributed by atoms with Crippen LogP contribution in [0.25, 0.3) is 11.1 Å². The van der Waals surface area contributed by atoms with Crippen LogP contribution in [-0.4, -0.2) is 47.4 Å². The van der Waals surface area contributed by atoms with E-state index >= 15 is 0 Å². The number of hydrogen-bond acceptors (Lipinski definition) is 6. The van der Waals surface area contributed by atoms with Crippen molar-refractivity contribution in [2.45, 2.75) is 46.1 Å². The number of amides is 4. The third-order valence-corrected chi connectivity index (χ3v) is 7.17. The molecule has 0 radical (unpaired) electrons. The highest BCUT2D eigenvalue weighted by Gasteiger charge is 2.56. The zero-order chi connectivity index (χ0) is 23.9. The molecular weight excluding hydrogens is 442 g/mol. The average Bonchev–Trinajstić information content (AvgIpc) is 3.53. The van der Waals surface area contributed by atoms with E-state index in [4.69, 9.17) is 4.74 Å². The molecule has 9 heteroatoms. The summed E-state index contributed by atoms with van der Waals surface area (Å²) in [7, 11) is 0. The number of rotatable bonds is 7. The van der Waals surface area contributed by atoms with E-state index in [-0.39, 0.29) is 18.1 Å². The fraction of sp³-hybridized carbons (Fsp3) is 0.417. The molecule has 1 saturated heterocycles. The number of imide groups is 1. The molecule has 4 rings (SSSR count). The Bertz CT molecular complexity index is 1140. The van der Waals surface area contributed by atoms with Gasteiger partial charge in [0.15, 0.2) is 0 Å². The molecule has 1 aromatic heterocycles. The summed E-state index contributed by atoms with van der Waals surface area (Å²) < 4.78 is 5.27. The van der Waals surface area contributed by atoms with Crippen LogP contribution in [0.4, 0.5) is 9.80 Å². The van der Waals surface area contributed by atoms with Gasteiger partial charge < -0.3 is 15.4 Å². The molecule has 4 amide bonds. The fourth-order valence-electron chi connectivity index (χ4n) is 4.20. The van der Waals surface area contributed by atoms with E-state index in [1.54, 1.807) is 13.8 Å². The highest BCUT2D eigenvalue weighted by atomic mass is 32.1. The third-order valence-electron chi connectivity index (χ3n) is 6.15. The Balaban J connectivity index is 1.60. The summed E-state index contributed by atoms with van der Waals surface area (Å²) in [6, 6.07) is 7.18. The van der Waals surface area contributed by atoms with Gasteiger partial charge in [-0.1, -0.05) is 29.8 Å². The van der Waals surface area contributed by atoms with Crippen LogP contribution in [0.1, 0.15) is 47.5 Å². The molecule has 2 aromatic rings. The second-order valence-corrected chi connectivity index (χ2v) is 9.89. The van der Waals surface area contributed by atoms with Crippen molar-refractivity contribution < 1.29 is 23.9 Å². The molecule has 2 heterocycles. The first-order valence-electron chi connectivity index (χ1n) is 11.0. The van der Waals surface area contributed by atoms with Crippen LogP contribution in [0.15, 0.2) is 24.3 Å². The van der Waals surface area contributed by atoms with Gasteiger partial charge in [-0.15, -0.1) is 11.3 Å². The van der Waals surface area contributed by atoms with Gasteiger partial charge in [0.2, 0.25) is 5.91 Å². The molecule has 1 aliphatic carbocycles. The minimum atomic E-state index is -0.953. The Labute approximate surface area is 196 Å². The first-order chi connectivity index (χ1) is 15.7. The number of nitrogens with one attached hydrogen (secondary N) is 2. The molecule has 33 heavy (non-hydrogen) atoms. The van der Waals surface area contributed by atoms with Gasteiger partial charge in [-0.05, 0) is 52.0 Å². The lowest BCUT2D eigenvalue weighted by atomic mass is 9.96. The highest BCUT2D eigenvalue weighted by molar-refractivity contribution is 7.17. The summed E-state index contributed by atoms with van der Waals surface area (Å²) >= 11 is 1.26. The number of urea groups is 1. The van der Waals surface area contributed by atoms with E-state index in [2.05, 4.69) is 10.6 Å². The smallest absolute Gasteiger partial charge is 0.341 e. The second kappa shape index (κ2) is 8.62. The first kappa shape index (κ1) is 23.0. The van der Waals surface area contributed by atoms with Crippen molar-refractivity contribution in [2.75, 3.05) is 18.5 Å². The normalized spacial score (nSPS) is 20.1. The zero-order valence-electron chi connectivity index (χ0n) is 19.1. The summed E-state index contributed by atoms with van der Waals surface area (Å²) in [4.78, 5) is 52.7. The largest absolute Gasteiger partial charge is 0.462 e. The summed E-state index contributed by atoms with van der Waals surface area (Å²) in [6.45, 7) is 7.04. The van der Waals surface area contributed by atoms with Gasteiger partial charge in [-0.3, -0.25) is 14.5 Å². The van der Waals surface area contributed by atoms with Crippen LogP contribution in [0.3, 0.4) is 0 Å². The maximum atomic E-state index is 12.9. The molecule has 0 unspecified atom stereocenters. The van der Waals surface area contributed by atoms with Gasteiger partial charge in [0.05, 0.1) is 6.61 Å². The first-order valence-corrected chi connectivity index (χ1v) is 11.8. The molecule has 2 N–H and O–H groups in total. The fourth-order valence-corrected chi connectivity index (χ4v) is 5.29. The molecule has 0 bridgehead atoms. The molecule has 0 spiro atoms. The molecule has 1 saturated carbocycles. The Morgan fingerprint density at radius 1 is 1.21 bits per heavy atom. The molecule has 174 valence electrons. The molecule has 1 aromatic carbocycles. The minimum absolute atomic E-state index is 0.106. The Morgan fingerprint density at radius 3 is 2.48 bits per heavy atom. The Hall–Kier alpha value is -3.20. The number of esters is 1. The van der Waals surface area contributed by atoms with E-state index in [1.165, 1.54) is 11.3 Å². The highest BCUT2D eigenvalue weighted by Crippen LogP contribution is 2.43. The predicted molar refractivity (Wildman–Crippen MR) is 125 cm³/mol. The maximum absolute atomic E-state index is 12.9. The minimum Gasteiger partial charge on any atom is -0.462 e. The average molecular weight is 470 g/mol. The molecule has 8 nitrogen and oxygen atoms in total. The number of hydrogen-bond donors (Lipinski definition) is 2. The quantitative estimate of drug-likeness (QED) is 0.473. The van der Waals surface area contributed by atoms with Crippen LogP contribution >= 0.6 is 11.3 Å². The lowest BCUT2D eigenvalue weighted by molar-refractivity contribution is -0.134. The Kier molecular flexibility index (Phi) is 6.00. The molecule has 2 aliphatic rings. The van der Waals surface area contributed by atoms with E-state index < -0.39 is 35.9 Å². The van der Waals surface area contributed by atoms with Crippen molar-refractivity contribution in [3.05, 3.63) is 40.3 Å². The van der Waals surface area contributed by atoms with Crippen molar-refractivity contribution in [1.29, 1.82) is 0 Å². The van der Waals surface area contributed by atoms with Gasteiger partial charge in [0.1, 0.15) is 22.6 Å². The van der Waals surface area contributed by atoms with Crippen molar-refractivity contribution >= 4 is 40.2 Å². The standard InChI is InChI=1S/C24H27N3O5S/c1-5-32-21(29)19-18(15-8-6-13(2)7-9-15)14(3)33-20(19)25-17(28)12-27-22(30)24(4,16-10-11-16)26-23(27)31/h6-9,16H,5,10-12H2,1-4H3,(H,25,28)(H,26,31)/t24-/m1/s1. The lowest BCUT2D eigenvalue weighted by Crippen LogP contribution is -2.46. The lowest BCUT2D eigenvalue weighted by Gasteiger charge is -2.20. The van der Waals surface area contributed by atoms with Crippen molar-refractivity contribution in [1.82, 2.24) is 10.2 Å². The summed E-state index contributed by atoms with van der Waals surface area (Å²) in [6.07, 6.45) is 1.75. The summed E-state index contributed by atoms with van der Waals surface area (Å²) in [5.74, 6) is -1.38. The van der Waals surface area contributed by atoms with Crippen LogP contribution in [-0.2, 0) is 14.3 Å². The van der Waals surface area contributed by atoms with Crippen molar-refractivity contribution in [3.8, 4) is 11.1 Å². The van der Waals surface area contributed by atoms with Gasteiger partial charge in [-0.2, -0.15) is 0 Å². The number of anilines is 1. The number of benzene rings is 1. The van der Waals surface area contributed by atoms with E-state index in [0.717, 1.165) is 33.7 Å². The van der Waals surface area contributed by atoms with E-state index in [9.17, 15) is 19.2 Å². The summed E-state index contributed by atoms with van der Waals surface area (Å²) in [5, 5.41) is 5.81. The van der Waals surface area contributed by atoms with Crippen LogP contribution in [0.5, 0.6) is 0 Å². The SMILES string of the molecule is CCOC(=O)c1c(NC(=O)CN2C(=O)N[C@](C)(C3CC3)C2=O)sc(C)c1-c1ccc(C)cc1. The number of ether oxygens (including phenoxy) is 1. The van der Waals surface area contributed by atoms with Crippen LogP contribution < -0.4 is 10.6 Å².